The Labute approximate surface area is 200 Å². The number of hydrogen-bond acceptors (Lipinski definition) is 8. The summed E-state index contributed by atoms with van der Waals surface area (Å²) in [5.74, 6) is -1.84. The second-order valence-electron chi connectivity index (χ2n) is 7.34. The molecule has 0 fully saturated rings. The quantitative estimate of drug-likeness (QED) is 0.374. The number of amides is 2. The summed E-state index contributed by atoms with van der Waals surface area (Å²) in [6, 6.07) is 18.9. The van der Waals surface area contributed by atoms with Crippen LogP contribution < -0.4 is 10.0 Å². The number of esters is 1. The van der Waals surface area contributed by atoms with Crippen LogP contribution >= 0.6 is 0 Å². The van der Waals surface area contributed by atoms with Gasteiger partial charge < -0.3 is 14.5 Å². The Morgan fingerprint density at radius 1 is 0.943 bits per heavy atom. The van der Waals surface area contributed by atoms with Gasteiger partial charge in [0.05, 0.1) is 16.0 Å². The molecule has 2 N–H and O–H groups in total. The maximum Gasteiger partial charge on any atom is 0.339 e. The van der Waals surface area contributed by atoms with Gasteiger partial charge in [0.25, 0.3) is 15.9 Å². The van der Waals surface area contributed by atoms with E-state index in [9.17, 15) is 22.8 Å². The standard InChI is InChI=1S/C24H19N3O7S/c1-15(28)27-35(31,32)17-12-10-16(11-13-17)25-22(29)14-33-24(30)19-7-3-2-6-18(19)23-26-20-8-4-5-9-21(20)34-23/h2-13H,14H2,1H3,(H,25,29)(H,27,28). The summed E-state index contributed by atoms with van der Waals surface area (Å²) in [6.45, 7) is 0.506. The topological polar surface area (TPSA) is 145 Å². The monoisotopic (exact) mass is 493 g/mol. The second kappa shape index (κ2) is 9.77. The zero-order valence-corrected chi connectivity index (χ0v) is 19.2. The van der Waals surface area contributed by atoms with Crippen molar-refractivity contribution >= 4 is 44.6 Å². The Bertz CT molecular complexity index is 1490. The van der Waals surface area contributed by atoms with Crippen LogP contribution in [0.25, 0.3) is 22.6 Å². The first kappa shape index (κ1) is 23.6. The zero-order chi connectivity index (χ0) is 25.0. The van der Waals surface area contributed by atoms with E-state index in [0.29, 0.717) is 16.7 Å². The van der Waals surface area contributed by atoms with Gasteiger partial charge in [-0.3, -0.25) is 9.59 Å². The minimum Gasteiger partial charge on any atom is -0.452 e. The molecule has 0 aliphatic carbocycles. The molecule has 1 aromatic heterocycles. The van der Waals surface area contributed by atoms with Gasteiger partial charge in [-0.25, -0.2) is 22.9 Å². The number of ether oxygens (including phenoxy) is 1. The van der Waals surface area contributed by atoms with Gasteiger partial charge in [0.1, 0.15) is 5.52 Å². The van der Waals surface area contributed by atoms with Crippen molar-refractivity contribution in [1.82, 2.24) is 9.71 Å². The number of oxazole rings is 1. The number of rotatable bonds is 7. The third-order valence-electron chi connectivity index (χ3n) is 4.73. The number of carbonyl (C=O) groups excluding carboxylic acids is 3. The molecule has 0 bridgehead atoms. The highest BCUT2D eigenvalue weighted by atomic mass is 32.2. The van der Waals surface area contributed by atoms with E-state index in [2.05, 4.69) is 10.3 Å². The molecule has 2 amide bonds. The van der Waals surface area contributed by atoms with Crippen LogP contribution in [0.15, 0.2) is 82.1 Å². The highest BCUT2D eigenvalue weighted by Crippen LogP contribution is 2.27. The Kier molecular flexibility index (Phi) is 6.60. The first-order chi connectivity index (χ1) is 16.7. The molecular weight excluding hydrogens is 474 g/mol. The van der Waals surface area contributed by atoms with Crippen molar-refractivity contribution < 1.29 is 32.0 Å². The highest BCUT2D eigenvalue weighted by molar-refractivity contribution is 7.90. The molecule has 3 aromatic carbocycles. The summed E-state index contributed by atoms with van der Waals surface area (Å²) in [5.41, 5.74) is 2.09. The fourth-order valence-electron chi connectivity index (χ4n) is 3.21. The Balaban J connectivity index is 1.40. The van der Waals surface area contributed by atoms with E-state index in [4.69, 9.17) is 9.15 Å². The fourth-order valence-corrected chi connectivity index (χ4v) is 4.20. The largest absolute Gasteiger partial charge is 0.452 e. The summed E-state index contributed by atoms with van der Waals surface area (Å²) >= 11 is 0. The van der Waals surface area contributed by atoms with Gasteiger partial charge in [-0.1, -0.05) is 24.3 Å². The molecule has 0 saturated carbocycles. The number of nitrogens with one attached hydrogen (secondary N) is 2. The fraction of sp³-hybridized carbons (Fsp3) is 0.0833. The van der Waals surface area contributed by atoms with Gasteiger partial charge in [-0.15, -0.1) is 0 Å². The van der Waals surface area contributed by atoms with Crippen LogP contribution in [0.4, 0.5) is 5.69 Å². The maximum absolute atomic E-state index is 12.7. The van der Waals surface area contributed by atoms with E-state index in [-0.39, 0.29) is 22.0 Å². The van der Waals surface area contributed by atoms with Gasteiger partial charge in [-0.05, 0) is 48.5 Å². The molecule has 0 unspecified atom stereocenters. The lowest BCUT2D eigenvalue weighted by Crippen LogP contribution is -2.28. The average Bonchev–Trinajstić information content (AvgIpc) is 3.26. The van der Waals surface area contributed by atoms with Gasteiger partial charge in [-0.2, -0.15) is 0 Å². The van der Waals surface area contributed by atoms with Crippen molar-refractivity contribution in [3.8, 4) is 11.5 Å². The van der Waals surface area contributed by atoms with Crippen LogP contribution in [0.3, 0.4) is 0 Å². The Morgan fingerprint density at radius 3 is 2.34 bits per heavy atom. The van der Waals surface area contributed by atoms with E-state index < -0.39 is 34.4 Å². The third-order valence-corrected chi connectivity index (χ3v) is 6.18. The highest BCUT2D eigenvalue weighted by Gasteiger charge is 2.19. The molecule has 0 spiro atoms. The molecule has 10 nitrogen and oxygen atoms in total. The SMILES string of the molecule is CC(=O)NS(=O)(=O)c1ccc(NC(=O)COC(=O)c2ccccc2-c2nc3ccccc3o2)cc1. The van der Waals surface area contributed by atoms with Crippen molar-refractivity contribution in [2.24, 2.45) is 0 Å². The van der Waals surface area contributed by atoms with Crippen LogP contribution in [0.5, 0.6) is 0 Å². The molecule has 0 radical (unpaired) electrons. The number of sulfonamides is 1. The third kappa shape index (κ3) is 5.53. The molecule has 0 atom stereocenters. The number of para-hydroxylation sites is 2. The summed E-state index contributed by atoms with van der Waals surface area (Å²) in [7, 11) is -3.99. The van der Waals surface area contributed by atoms with E-state index >= 15 is 0 Å². The van der Waals surface area contributed by atoms with Crippen molar-refractivity contribution in [2.45, 2.75) is 11.8 Å². The summed E-state index contributed by atoms with van der Waals surface area (Å²) in [4.78, 5) is 40.2. The van der Waals surface area contributed by atoms with Crippen LogP contribution in [-0.2, 0) is 24.3 Å². The van der Waals surface area contributed by atoms with Crippen molar-refractivity contribution in [3.63, 3.8) is 0 Å². The second-order valence-corrected chi connectivity index (χ2v) is 9.03. The van der Waals surface area contributed by atoms with Gasteiger partial charge in [0.2, 0.25) is 11.8 Å². The number of fused-ring (bicyclic) bond motifs is 1. The van der Waals surface area contributed by atoms with Crippen LogP contribution in [0.1, 0.15) is 17.3 Å². The van der Waals surface area contributed by atoms with Crippen LogP contribution in [0, 0.1) is 0 Å². The predicted octanol–water partition coefficient (Wildman–Crippen LogP) is 3.12. The average molecular weight is 493 g/mol. The molecule has 1 heterocycles. The molecule has 0 aliphatic heterocycles. The Hall–Kier alpha value is -4.51. The lowest BCUT2D eigenvalue weighted by molar-refractivity contribution is -0.119. The van der Waals surface area contributed by atoms with Crippen molar-refractivity contribution in [3.05, 3.63) is 78.4 Å². The first-order valence-corrected chi connectivity index (χ1v) is 11.8. The summed E-state index contributed by atoms with van der Waals surface area (Å²) in [6.07, 6.45) is 0. The number of nitrogens with zero attached hydrogens (tertiary/aromatic N) is 1. The summed E-state index contributed by atoms with van der Waals surface area (Å²) < 4.78 is 36.7. The number of anilines is 1. The molecule has 4 aromatic rings. The van der Waals surface area contributed by atoms with E-state index in [0.717, 1.165) is 6.92 Å². The van der Waals surface area contributed by atoms with Crippen LogP contribution in [-0.4, -0.2) is 37.8 Å². The smallest absolute Gasteiger partial charge is 0.339 e. The minimum absolute atomic E-state index is 0.145. The van der Waals surface area contributed by atoms with Gasteiger partial charge >= 0.3 is 5.97 Å². The number of hydrogen-bond donors (Lipinski definition) is 2. The lowest BCUT2D eigenvalue weighted by Gasteiger charge is -2.09. The molecule has 35 heavy (non-hydrogen) atoms. The molecule has 0 aliphatic rings. The normalized spacial score (nSPS) is 11.1. The number of aromatic nitrogens is 1. The lowest BCUT2D eigenvalue weighted by atomic mass is 10.1. The minimum atomic E-state index is -3.99. The first-order valence-electron chi connectivity index (χ1n) is 10.3. The maximum atomic E-state index is 12.7. The predicted molar refractivity (Wildman–Crippen MR) is 126 cm³/mol. The van der Waals surface area contributed by atoms with Gasteiger partial charge in [0.15, 0.2) is 12.2 Å². The molecular formula is C24H19N3O7S. The van der Waals surface area contributed by atoms with Crippen molar-refractivity contribution in [1.29, 1.82) is 0 Å². The molecule has 178 valence electrons. The number of benzene rings is 3. The summed E-state index contributed by atoms with van der Waals surface area (Å²) in [5, 5.41) is 2.50. The van der Waals surface area contributed by atoms with Gasteiger partial charge in [0, 0.05) is 12.6 Å². The van der Waals surface area contributed by atoms with E-state index in [1.54, 1.807) is 36.4 Å². The Morgan fingerprint density at radius 2 is 1.63 bits per heavy atom. The number of carbonyl (C=O) groups is 3. The van der Waals surface area contributed by atoms with E-state index in [1.165, 1.54) is 24.3 Å². The molecule has 0 saturated heterocycles. The van der Waals surface area contributed by atoms with E-state index in [1.807, 2.05) is 16.9 Å². The zero-order valence-electron chi connectivity index (χ0n) is 18.3. The van der Waals surface area contributed by atoms with Crippen molar-refractivity contribution in [2.75, 3.05) is 11.9 Å². The molecule has 11 heteroatoms. The molecule has 4 rings (SSSR count). The van der Waals surface area contributed by atoms with Crippen LogP contribution in [0.2, 0.25) is 0 Å².